The number of rotatable bonds is 5. The van der Waals surface area contributed by atoms with Gasteiger partial charge >= 0.3 is 0 Å². The summed E-state index contributed by atoms with van der Waals surface area (Å²) in [6.07, 6.45) is 1.55. The lowest BCUT2D eigenvalue weighted by Gasteiger charge is -2.27. The van der Waals surface area contributed by atoms with E-state index in [9.17, 15) is 0 Å². The Hall–Kier alpha value is -1.52. The quantitative estimate of drug-likeness (QED) is 0.826. The highest BCUT2D eigenvalue weighted by Crippen LogP contribution is 2.32. The second-order valence-corrected chi connectivity index (χ2v) is 3.71. The molecule has 5 heteroatoms. The molecule has 0 amide bonds. The molecule has 1 N–H and O–H groups in total. The number of hydrogen-bond acceptors (Lipinski definition) is 5. The van der Waals surface area contributed by atoms with E-state index in [4.69, 9.17) is 4.74 Å². The third-order valence-electron chi connectivity index (χ3n) is 2.46. The molecule has 1 aromatic heterocycles. The van der Waals surface area contributed by atoms with E-state index in [1.54, 1.807) is 13.4 Å². The van der Waals surface area contributed by atoms with Gasteiger partial charge in [-0.25, -0.2) is 9.97 Å². The largest absolute Gasteiger partial charge is 0.490 e. The summed E-state index contributed by atoms with van der Waals surface area (Å²) in [4.78, 5) is 10.6. The van der Waals surface area contributed by atoms with Crippen LogP contribution < -0.4 is 15.0 Å². The first kappa shape index (κ1) is 12.5. The molecule has 16 heavy (non-hydrogen) atoms. The van der Waals surface area contributed by atoms with Crippen LogP contribution in [0.25, 0.3) is 0 Å². The summed E-state index contributed by atoms with van der Waals surface area (Å²) in [5.74, 6) is 2.24. The van der Waals surface area contributed by atoms with Crippen molar-refractivity contribution in [2.75, 3.05) is 30.9 Å². The van der Waals surface area contributed by atoms with Crippen molar-refractivity contribution < 1.29 is 4.74 Å². The van der Waals surface area contributed by atoms with E-state index in [1.165, 1.54) is 0 Å². The van der Waals surface area contributed by atoms with Gasteiger partial charge in [0, 0.05) is 19.6 Å². The van der Waals surface area contributed by atoms with Crippen molar-refractivity contribution in [3.05, 3.63) is 6.33 Å². The average Bonchev–Trinajstić information content (AvgIpc) is 2.29. The SMILES string of the molecule is CCN(c1ncnc(NC)c1OC)C(C)C. The minimum atomic E-state index is 0.374. The van der Waals surface area contributed by atoms with Gasteiger partial charge in [0.2, 0.25) is 5.75 Å². The fourth-order valence-corrected chi connectivity index (χ4v) is 1.69. The molecule has 0 aromatic carbocycles. The maximum Gasteiger partial charge on any atom is 0.204 e. The van der Waals surface area contributed by atoms with Gasteiger partial charge in [-0.1, -0.05) is 0 Å². The first-order valence-electron chi connectivity index (χ1n) is 5.49. The molecule has 0 aliphatic heterocycles. The number of nitrogens with zero attached hydrogens (tertiary/aromatic N) is 3. The Bertz CT molecular complexity index is 341. The van der Waals surface area contributed by atoms with Crippen molar-refractivity contribution in [1.29, 1.82) is 0 Å². The standard InChI is InChI=1S/C11H20N4O/c1-6-15(8(2)3)11-9(16-5)10(12-4)13-7-14-11/h7-8H,6H2,1-5H3,(H,12,13,14). The van der Waals surface area contributed by atoms with Crippen LogP contribution in [0.5, 0.6) is 5.75 Å². The highest BCUT2D eigenvalue weighted by Gasteiger charge is 2.18. The molecule has 0 saturated carbocycles. The molecule has 90 valence electrons. The third kappa shape index (κ3) is 2.35. The predicted molar refractivity (Wildman–Crippen MR) is 66.3 cm³/mol. The van der Waals surface area contributed by atoms with Crippen LogP contribution in [0.15, 0.2) is 6.33 Å². The van der Waals surface area contributed by atoms with Gasteiger partial charge in [-0.2, -0.15) is 0 Å². The van der Waals surface area contributed by atoms with Crippen molar-refractivity contribution in [1.82, 2.24) is 9.97 Å². The van der Waals surface area contributed by atoms with E-state index in [2.05, 4.69) is 41.0 Å². The molecule has 1 heterocycles. The molecular formula is C11H20N4O. The van der Waals surface area contributed by atoms with Gasteiger partial charge in [-0.3, -0.25) is 0 Å². The third-order valence-corrected chi connectivity index (χ3v) is 2.46. The maximum atomic E-state index is 5.37. The van der Waals surface area contributed by atoms with Crippen molar-refractivity contribution in [3.8, 4) is 5.75 Å². The molecule has 0 spiro atoms. The molecule has 1 rings (SSSR count). The van der Waals surface area contributed by atoms with Crippen LogP contribution in [0.2, 0.25) is 0 Å². The van der Waals surface area contributed by atoms with E-state index < -0.39 is 0 Å². The Morgan fingerprint density at radius 2 is 2.12 bits per heavy atom. The van der Waals surface area contributed by atoms with Gasteiger partial charge < -0.3 is 15.0 Å². The van der Waals surface area contributed by atoms with E-state index in [-0.39, 0.29) is 0 Å². The van der Waals surface area contributed by atoms with E-state index in [1.807, 2.05) is 7.05 Å². The maximum absolute atomic E-state index is 5.37. The van der Waals surface area contributed by atoms with Crippen LogP contribution in [0.4, 0.5) is 11.6 Å². The average molecular weight is 224 g/mol. The molecule has 0 radical (unpaired) electrons. The van der Waals surface area contributed by atoms with Gasteiger partial charge in [0.15, 0.2) is 11.6 Å². The summed E-state index contributed by atoms with van der Waals surface area (Å²) in [5.41, 5.74) is 0. The zero-order valence-electron chi connectivity index (χ0n) is 10.6. The van der Waals surface area contributed by atoms with Crippen LogP contribution >= 0.6 is 0 Å². The van der Waals surface area contributed by atoms with E-state index in [0.717, 1.165) is 12.4 Å². The number of nitrogens with one attached hydrogen (secondary N) is 1. The van der Waals surface area contributed by atoms with Crippen molar-refractivity contribution in [2.45, 2.75) is 26.8 Å². The monoisotopic (exact) mass is 224 g/mol. The second kappa shape index (κ2) is 5.53. The Morgan fingerprint density at radius 1 is 1.44 bits per heavy atom. The Balaban J connectivity index is 3.20. The molecule has 1 aromatic rings. The zero-order chi connectivity index (χ0) is 12.1. The predicted octanol–water partition coefficient (Wildman–Crippen LogP) is 1.76. The summed E-state index contributed by atoms with van der Waals surface area (Å²) < 4.78 is 5.37. The van der Waals surface area contributed by atoms with E-state index in [0.29, 0.717) is 17.6 Å². The fraction of sp³-hybridized carbons (Fsp3) is 0.636. The lowest BCUT2D eigenvalue weighted by atomic mass is 10.3. The topological polar surface area (TPSA) is 50.3 Å². The minimum Gasteiger partial charge on any atom is -0.490 e. The normalized spacial score (nSPS) is 10.4. The van der Waals surface area contributed by atoms with Crippen LogP contribution in [-0.4, -0.2) is 36.7 Å². The molecule has 5 nitrogen and oxygen atoms in total. The van der Waals surface area contributed by atoms with Gasteiger partial charge in [0.25, 0.3) is 0 Å². The van der Waals surface area contributed by atoms with Gasteiger partial charge in [0.1, 0.15) is 6.33 Å². The molecule has 0 fully saturated rings. The van der Waals surface area contributed by atoms with Crippen LogP contribution in [0.3, 0.4) is 0 Å². The number of ether oxygens (including phenoxy) is 1. The van der Waals surface area contributed by atoms with Crippen molar-refractivity contribution in [3.63, 3.8) is 0 Å². The summed E-state index contributed by atoms with van der Waals surface area (Å²) >= 11 is 0. The molecule has 0 atom stereocenters. The molecule has 0 aliphatic rings. The fourth-order valence-electron chi connectivity index (χ4n) is 1.69. The highest BCUT2D eigenvalue weighted by molar-refractivity contribution is 5.64. The summed E-state index contributed by atoms with van der Waals surface area (Å²) in [6, 6.07) is 0.374. The number of anilines is 2. The van der Waals surface area contributed by atoms with E-state index >= 15 is 0 Å². The van der Waals surface area contributed by atoms with Gasteiger partial charge in [0.05, 0.1) is 7.11 Å². The Kier molecular flexibility index (Phi) is 4.34. The number of hydrogen-bond donors (Lipinski definition) is 1. The Labute approximate surface area is 96.8 Å². The first-order chi connectivity index (χ1) is 7.65. The number of methoxy groups -OCH3 is 1. The Morgan fingerprint density at radius 3 is 2.56 bits per heavy atom. The van der Waals surface area contributed by atoms with Crippen LogP contribution in [-0.2, 0) is 0 Å². The van der Waals surface area contributed by atoms with Gasteiger partial charge in [-0.15, -0.1) is 0 Å². The zero-order valence-corrected chi connectivity index (χ0v) is 10.6. The molecule has 0 saturated heterocycles. The number of aromatic nitrogens is 2. The lowest BCUT2D eigenvalue weighted by Crippen LogP contribution is -2.31. The van der Waals surface area contributed by atoms with Crippen LogP contribution in [0, 0.1) is 0 Å². The minimum absolute atomic E-state index is 0.374. The van der Waals surface area contributed by atoms with Crippen LogP contribution in [0.1, 0.15) is 20.8 Å². The lowest BCUT2D eigenvalue weighted by molar-refractivity contribution is 0.411. The highest BCUT2D eigenvalue weighted by atomic mass is 16.5. The summed E-state index contributed by atoms with van der Waals surface area (Å²) in [7, 11) is 3.46. The van der Waals surface area contributed by atoms with Crippen molar-refractivity contribution in [2.24, 2.45) is 0 Å². The van der Waals surface area contributed by atoms with Crippen molar-refractivity contribution >= 4 is 11.6 Å². The summed E-state index contributed by atoms with van der Waals surface area (Å²) in [5, 5.41) is 3.00. The molecular weight excluding hydrogens is 204 g/mol. The molecule has 0 bridgehead atoms. The molecule has 0 aliphatic carbocycles. The molecule has 0 unspecified atom stereocenters. The smallest absolute Gasteiger partial charge is 0.204 e. The first-order valence-corrected chi connectivity index (χ1v) is 5.49. The second-order valence-electron chi connectivity index (χ2n) is 3.71. The van der Waals surface area contributed by atoms with Gasteiger partial charge in [-0.05, 0) is 20.8 Å². The summed E-state index contributed by atoms with van der Waals surface area (Å²) in [6.45, 7) is 7.24.